The molecule has 1 N–H and O–H groups in total. The molecule has 1 aliphatic rings. The van der Waals surface area contributed by atoms with E-state index in [1.165, 1.54) is 5.56 Å². The topological polar surface area (TPSA) is 67.6 Å². The number of hydrogen-bond donors (Lipinski definition) is 1. The number of aliphatic hydroxyl groups excluding tert-OH is 1. The molecule has 2 heterocycles. The van der Waals surface area contributed by atoms with Crippen molar-refractivity contribution in [2.45, 2.75) is 45.1 Å². The molecule has 1 fully saturated rings. The minimum absolute atomic E-state index is 0.0470. The largest absolute Gasteiger partial charge is 0.395 e. The summed E-state index contributed by atoms with van der Waals surface area (Å²) in [6.45, 7) is 3.35. The fraction of sp³-hybridized carbons (Fsp3) is 0.474. The smallest absolute Gasteiger partial charge is 0.252 e. The van der Waals surface area contributed by atoms with Gasteiger partial charge in [-0.05, 0) is 25.3 Å². The van der Waals surface area contributed by atoms with Gasteiger partial charge in [0.1, 0.15) is 6.10 Å². The lowest BCUT2D eigenvalue weighted by molar-refractivity contribution is -0.143. The Bertz CT molecular complexity index is 686. The molecule has 0 spiro atoms. The molecule has 6 heteroatoms. The third-order valence-electron chi connectivity index (χ3n) is 4.44. The summed E-state index contributed by atoms with van der Waals surface area (Å²) in [7, 11) is 0. The van der Waals surface area contributed by atoms with Gasteiger partial charge in [-0.1, -0.05) is 30.3 Å². The molecule has 2 unspecified atom stereocenters. The van der Waals surface area contributed by atoms with Crippen LogP contribution in [0.2, 0.25) is 0 Å². The second kappa shape index (κ2) is 8.27. The van der Waals surface area contributed by atoms with Crippen molar-refractivity contribution >= 4 is 5.91 Å². The SMILES string of the molecule is CC1CCC(C(=O)N(CCO)Cc2cnn(Cc3ccccc3)c2)O1. The highest BCUT2D eigenvalue weighted by Gasteiger charge is 2.31. The maximum Gasteiger partial charge on any atom is 0.252 e. The Morgan fingerprint density at radius 1 is 1.32 bits per heavy atom. The van der Waals surface area contributed by atoms with Crippen LogP contribution in [0.15, 0.2) is 42.7 Å². The predicted octanol–water partition coefficient (Wildman–Crippen LogP) is 1.82. The van der Waals surface area contributed by atoms with E-state index >= 15 is 0 Å². The molecule has 2 atom stereocenters. The number of hydrogen-bond acceptors (Lipinski definition) is 4. The van der Waals surface area contributed by atoms with Crippen LogP contribution < -0.4 is 0 Å². The van der Waals surface area contributed by atoms with Crippen molar-refractivity contribution in [1.29, 1.82) is 0 Å². The fourth-order valence-electron chi connectivity index (χ4n) is 3.14. The minimum atomic E-state index is -0.388. The number of rotatable bonds is 7. The van der Waals surface area contributed by atoms with Gasteiger partial charge in [-0.2, -0.15) is 5.10 Å². The predicted molar refractivity (Wildman–Crippen MR) is 93.8 cm³/mol. The van der Waals surface area contributed by atoms with Gasteiger partial charge in [-0.25, -0.2) is 0 Å². The first-order chi connectivity index (χ1) is 12.2. The summed E-state index contributed by atoms with van der Waals surface area (Å²) < 4.78 is 7.54. The average molecular weight is 343 g/mol. The summed E-state index contributed by atoms with van der Waals surface area (Å²) in [5.41, 5.74) is 2.12. The lowest BCUT2D eigenvalue weighted by Gasteiger charge is -2.24. The van der Waals surface area contributed by atoms with E-state index in [-0.39, 0.29) is 24.7 Å². The van der Waals surface area contributed by atoms with E-state index in [9.17, 15) is 9.90 Å². The first-order valence-corrected chi connectivity index (χ1v) is 8.76. The third-order valence-corrected chi connectivity index (χ3v) is 4.44. The van der Waals surface area contributed by atoms with Gasteiger partial charge in [0.05, 0.1) is 25.5 Å². The lowest BCUT2D eigenvalue weighted by Crippen LogP contribution is -2.40. The molecule has 25 heavy (non-hydrogen) atoms. The van der Waals surface area contributed by atoms with Crippen molar-refractivity contribution in [2.24, 2.45) is 0 Å². The molecule has 0 aliphatic carbocycles. The van der Waals surface area contributed by atoms with Crippen molar-refractivity contribution in [2.75, 3.05) is 13.2 Å². The highest BCUT2D eigenvalue weighted by Crippen LogP contribution is 2.21. The summed E-state index contributed by atoms with van der Waals surface area (Å²) in [6, 6.07) is 10.1. The van der Waals surface area contributed by atoms with Gasteiger partial charge in [0.2, 0.25) is 0 Å². The molecular weight excluding hydrogens is 318 g/mol. The molecule has 1 aromatic carbocycles. The number of nitrogens with zero attached hydrogens (tertiary/aromatic N) is 3. The fourth-order valence-corrected chi connectivity index (χ4v) is 3.14. The molecule has 6 nitrogen and oxygen atoms in total. The third kappa shape index (κ3) is 4.67. The Hall–Kier alpha value is -2.18. The average Bonchev–Trinajstić information content (AvgIpc) is 3.24. The zero-order valence-electron chi connectivity index (χ0n) is 14.5. The van der Waals surface area contributed by atoms with Gasteiger partial charge >= 0.3 is 0 Å². The standard InChI is InChI=1S/C19H25N3O3/c1-15-7-8-18(25-15)19(24)21(9-10-23)12-17-11-20-22(14-17)13-16-5-3-2-4-6-16/h2-6,11,14-15,18,23H,7-10,12-13H2,1H3. The molecule has 2 aromatic rings. The van der Waals surface area contributed by atoms with E-state index in [1.54, 1.807) is 11.1 Å². The first-order valence-electron chi connectivity index (χ1n) is 8.76. The van der Waals surface area contributed by atoms with Crippen LogP contribution in [0.1, 0.15) is 30.9 Å². The van der Waals surface area contributed by atoms with Crippen LogP contribution in [-0.4, -0.2) is 51.1 Å². The van der Waals surface area contributed by atoms with Crippen molar-refractivity contribution in [1.82, 2.24) is 14.7 Å². The maximum atomic E-state index is 12.6. The normalized spacial score (nSPS) is 19.9. The van der Waals surface area contributed by atoms with E-state index in [0.717, 1.165) is 18.4 Å². The number of amides is 1. The molecule has 134 valence electrons. The number of carbonyl (C=O) groups excluding carboxylic acids is 1. The quantitative estimate of drug-likeness (QED) is 0.833. The second-order valence-corrected chi connectivity index (χ2v) is 6.53. The Morgan fingerprint density at radius 3 is 2.80 bits per heavy atom. The monoisotopic (exact) mass is 343 g/mol. The van der Waals surface area contributed by atoms with Crippen molar-refractivity contribution in [3.05, 3.63) is 53.9 Å². The number of benzene rings is 1. The van der Waals surface area contributed by atoms with E-state index < -0.39 is 0 Å². The summed E-state index contributed by atoms with van der Waals surface area (Å²) in [4.78, 5) is 14.3. The van der Waals surface area contributed by atoms with Gasteiger partial charge in [-0.15, -0.1) is 0 Å². The zero-order chi connectivity index (χ0) is 17.6. The minimum Gasteiger partial charge on any atom is -0.395 e. The van der Waals surface area contributed by atoms with Crippen LogP contribution in [0.5, 0.6) is 0 Å². The molecular formula is C19H25N3O3. The molecule has 1 amide bonds. The van der Waals surface area contributed by atoms with E-state index in [4.69, 9.17) is 4.74 Å². The van der Waals surface area contributed by atoms with Gasteiger partial charge in [0, 0.05) is 24.8 Å². The van der Waals surface area contributed by atoms with Crippen LogP contribution in [0, 0.1) is 0 Å². The summed E-state index contributed by atoms with van der Waals surface area (Å²) in [6.07, 6.45) is 5.11. The molecule has 0 bridgehead atoms. The number of ether oxygens (including phenoxy) is 1. The van der Waals surface area contributed by atoms with E-state index in [2.05, 4.69) is 17.2 Å². The molecule has 1 aromatic heterocycles. The summed E-state index contributed by atoms with van der Waals surface area (Å²) in [5.74, 6) is -0.0470. The summed E-state index contributed by atoms with van der Waals surface area (Å²) in [5, 5.41) is 13.7. The Kier molecular flexibility index (Phi) is 5.83. The van der Waals surface area contributed by atoms with Crippen LogP contribution >= 0.6 is 0 Å². The van der Waals surface area contributed by atoms with E-state index in [0.29, 0.717) is 19.6 Å². The molecule has 0 saturated carbocycles. The lowest BCUT2D eigenvalue weighted by atomic mass is 10.2. The zero-order valence-corrected chi connectivity index (χ0v) is 14.5. The first kappa shape index (κ1) is 17.6. The van der Waals surface area contributed by atoms with Crippen LogP contribution in [-0.2, 0) is 22.6 Å². The Balaban J connectivity index is 1.63. The maximum absolute atomic E-state index is 12.6. The van der Waals surface area contributed by atoms with Crippen molar-refractivity contribution < 1.29 is 14.6 Å². The molecule has 3 rings (SSSR count). The van der Waals surface area contributed by atoms with Crippen LogP contribution in [0.3, 0.4) is 0 Å². The van der Waals surface area contributed by atoms with Gasteiger partial charge in [-0.3, -0.25) is 9.48 Å². The number of aromatic nitrogens is 2. The molecule has 0 radical (unpaired) electrons. The van der Waals surface area contributed by atoms with E-state index in [1.807, 2.05) is 36.0 Å². The summed E-state index contributed by atoms with van der Waals surface area (Å²) >= 11 is 0. The van der Waals surface area contributed by atoms with Crippen LogP contribution in [0.25, 0.3) is 0 Å². The second-order valence-electron chi connectivity index (χ2n) is 6.53. The number of carbonyl (C=O) groups is 1. The van der Waals surface area contributed by atoms with Crippen molar-refractivity contribution in [3.63, 3.8) is 0 Å². The Morgan fingerprint density at radius 2 is 2.12 bits per heavy atom. The highest BCUT2D eigenvalue weighted by molar-refractivity contribution is 5.81. The van der Waals surface area contributed by atoms with Gasteiger partial charge < -0.3 is 14.7 Å². The van der Waals surface area contributed by atoms with Gasteiger partial charge in [0.15, 0.2) is 0 Å². The molecule has 1 aliphatic heterocycles. The van der Waals surface area contributed by atoms with Crippen LogP contribution in [0.4, 0.5) is 0 Å². The van der Waals surface area contributed by atoms with Gasteiger partial charge in [0.25, 0.3) is 5.91 Å². The Labute approximate surface area is 148 Å². The highest BCUT2D eigenvalue weighted by atomic mass is 16.5. The molecule has 1 saturated heterocycles. The number of aliphatic hydroxyl groups is 1. The van der Waals surface area contributed by atoms with Crippen molar-refractivity contribution in [3.8, 4) is 0 Å².